The highest BCUT2D eigenvalue weighted by Gasteiger charge is 2.22. The van der Waals surface area contributed by atoms with E-state index >= 15 is 0 Å². The van der Waals surface area contributed by atoms with Crippen LogP contribution in [0.4, 0.5) is 5.69 Å². The summed E-state index contributed by atoms with van der Waals surface area (Å²) in [5, 5.41) is 0. The third kappa shape index (κ3) is 7.83. The van der Waals surface area contributed by atoms with E-state index in [0.29, 0.717) is 19.1 Å². The summed E-state index contributed by atoms with van der Waals surface area (Å²) in [6.07, 6.45) is 8.10. The molecule has 0 aromatic heterocycles. The summed E-state index contributed by atoms with van der Waals surface area (Å²) >= 11 is 0. The number of hydrogen-bond acceptors (Lipinski definition) is 6. The van der Waals surface area contributed by atoms with E-state index in [1.165, 1.54) is 12.8 Å². The van der Waals surface area contributed by atoms with E-state index in [9.17, 15) is 4.79 Å². The molecule has 0 amide bonds. The van der Waals surface area contributed by atoms with Gasteiger partial charge in [0.25, 0.3) is 0 Å². The van der Waals surface area contributed by atoms with E-state index in [4.69, 9.17) is 18.9 Å². The molecule has 6 heteroatoms. The first-order chi connectivity index (χ1) is 18.2. The van der Waals surface area contributed by atoms with Gasteiger partial charge >= 0.3 is 5.97 Å². The first-order valence-electron chi connectivity index (χ1n) is 13.7. The van der Waals surface area contributed by atoms with Gasteiger partial charge < -0.3 is 23.8 Å². The molecule has 1 fully saturated rings. The maximum atomic E-state index is 12.5. The fraction of sp³-hybridized carbons (Fsp3) is 0.516. The molecule has 0 saturated carbocycles. The van der Waals surface area contributed by atoms with E-state index < -0.39 is 0 Å². The Kier molecular flexibility index (Phi) is 10.4. The monoisotopic (exact) mass is 507 g/mol. The zero-order chi connectivity index (χ0) is 25.9. The lowest BCUT2D eigenvalue weighted by Crippen LogP contribution is -2.34. The minimum Gasteiger partial charge on any atom is -0.491 e. The molecular weight excluding hydrogens is 466 g/mol. The van der Waals surface area contributed by atoms with Crippen molar-refractivity contribution in [3.63, 3.8) is 0 Å². The van der Waals surface area contributed by atoms with Gasteiger partial charge in [-0.25, -0.2) is 4.79 Å². The first kappa shape index (κ1) is 27.2. The average Bonchev–Trinajstić information content (AvgIpc) is 2.93. The van der Waals surface area contributed by atoms with Crippen molar-refractivity contribution in [2.45, 2.75) is 45.4 Å². The van der Waals surface area contributed by atoms with Crippen LogP contribution in [0.1, 0.15) is 51.0 Å². The van der Waals surface area contributed by atoms with E-state index in [1.54, 1.807) is 0 Å². The molecule has 0 atom stereocenters. The van der Waals surface area contributed by atoms with Crippen molar-refractivity contribution < 1.29 is 23.7 Å². The van der Waals surface area contributed by atoms with Gasteiger partial charge in [0.05, 0.1) is 13.7 Å². The second kappa shape index (κ2) is 14.2. The SMILES string of the molecule is CCCCOCCOc1ccc(-c2ccc3c(c2)/C=C(/C(=O)OC)CCCN3CC2CCOCC2)cc1. The second-order valence-corrected chi connectivity index (χ2v) is 9.88. The number of carbonyl (C=O) groups is 1. The Balaban J connectivity index is 1.52. The normalized spacial score (nSPS) is 17.8. The van der Waals surface area contributed by atoms with Gasteiger partial charge in [-0.3, -0.25) is 0 Å². The number of benzene rings is 2. The lowest BCUT2D eigenvalue weighted by atomic mass is 9.94. The van der Waals surface area contributed by atoms with Crippen LogP contribution in [-0.2, 0) is 19.0 Å². The third-order valence-corrected chi connectivity index (χ3v) is 7.17. The van der Waals surface area contributed by atoms with Crippen LogP contribution in [0.25, 0.3) is 17.2 Å². The summed E-state index contributed by atoms with van der Waals surface area (Å²) in [5.41, 5.74) is 5.20. The van der Waals surface area contributed by atoms with Gasteiger partial charge in [-0.1, -0.05) is 31.5 Å². The molecule has 200 valence electrons. The summed E-state index contributed by atoms with van der Waals surface area (Å²) in [7, 11) is 1.46. The zero-order valence-corrected chi connectivity index (χ0v) is 22.4. The van der Waals surface area contributed by atoms with Gasteiger partial charge in [0.2, 0.25) is 0 Å². The molecule has 0 unspecified atom stereocenters. The van der Waals surface area contributed by atoms with Crippen LogP contribution in [-0.4, -0.2) is 59.2 Å². The quantitative estimate of drug-likeness (QED) is 0.269. The van der Waals surface area contributed by atoms with Crippen LogP contribution in [0.5, 0.6) is 5.75 Å². The predicted octanol–water partition coefficient (Wildman–Crippen LogP) is 6.13. The van der Waals surface area contributed by atoms with Crippen molar-refractivity contribution in [3.05, 3.63) is 53.6 Å². The fourth-order valence-electron chi connectivity index (χ4n) is 5.01. The maximum absolute atomic E-state index is 12.5. The van der Waals surface area contributed by atoms with Crippen LogP contribution in [0.3, 0.4) is 0 Å². The Labute approximate surface area is 221 Å². The number of fused-ring (bicyclic) bond motifs is 1. The Hall–Kier alpha value is -2.83. The smallest absolute Gasteiger partial charge is 0.333 e. The van der Waals surface area contributed by atoms with Gasteiger partial charge in [0.15, 0.2) is 0 Å². The zero-order valence-electron chi connectivity index (χ0n) is 22.4. The minimum absolute atomic E-state index is 0.241. The number of unbranched alkanes of at least 4 members (excludes halogenated alkanes) is 1. The molecule has 6 nitrogen and oxygen atoms in total. The van der Waals surface area contributed by atoms with E-state index in [0.717, 1.165) is 99.4 Å². The molecule has 37 heavy (non-hydrogen) atoms. The van der Waals surface area contributed by atoms with Crippen LogP contribution in [0.15, 0.2) is 48.0 Å². The molecule has 2 aliphatic rings. The molecule has 2 heterocycles. The molecule has 0 radical (unpaired) electrons. The van der Waals surface area contributed by atoms with Crippen LogP contribution in [0, 0.1) is 5.92 Å². The van der Waals surface area contributed by atoms with Gasteiger partial charge in [0.1, 0.15) is 12.4 Å². The van der Waals surface area contributed by atoms with Crippen molar-refractivity contribution in [1.29, 1.82) is 0 Å². The number of ether oxygens (including phenoxy) is 4. The molecule has 2 aromatic carbocycles. The number of methoxy groups -OCH3 is 1. The maximum Gasteiger partial charge on any atom is 0.333 e. The topological polar surface area (TPSA) is 57.2 Å². The van der Waals surface area contributed by atoms with Gasteiger partial charge in [-0.15, -0.1) is 0 Å². The molecule has 2 aromatic rings. The molecule has 2 aliphatic heterocycles. The Morgan fingerprint density at radius 1 is 1.03 bits per heavy atom. The molecular formula is C31H41NO5. The fourth-order valence-corrected chi connectivity index (χ4v) is 5.01. The molecule has 1 saturated heterocycles. The molecule has 4 rings (SSSR count). The molecule has 0 spiro atoms. The number of rotatable bonds is 11. The Bertz CT molecular complexity index is 1030. The van der Waals surface area contributed by atoms with Crippen molar-refractivity contribution >= 4 is 17.7 Å². The van der Waals surface area contributed by atoms with Gasteiger partial charge in [-0.05, 0) is 85.1 Å². The lowest BCUT2D eigenvalue weighted by Gasteiger charge is -2.33. The predicted molar refractivity (Wildman–Crippen MR) is 148 cm³/mol. The number of nitrogens with zero attached hydrogens (tertiary/aromatic N) is 1. The third-order valence-electron chi connectivity index (χ3n) is 7.17. The summed E-state index contributed by atoms with van der Waals surface area (Å²) in [6.45, 7) is 7.74. The van der Waals surface area contributed by atoms with E-state index in [-0.39, 0.29) is 5.97 Å². The molecule has 0 bridgehead atoms. The van der Waals surface area contributed by atoms with Crippen molar-refractivity contribution in [2.24, 2.45) is 5.92 Å². The van der Waals surface area contributed by atoms with Gasteiger partial charge in [-0.2, -0.15) is 0 Å². The Morgan fingerprint density at radius 2 is 1.81 bits per heavy atom. The highest BCUT2D eigenvalue weighted by Crippen LogP contribution is 2.34. The Morgan fingerprint density at radius 3 is 2.57 bits per heavy atom. The highest BCUT2D eigenvalue weighted by atomic mass is 16.5. The van der Waals surface area contributed by atoms with E-state index in [1.807, 2.05) is 18.2 Å². The standard InChI is InChI=1S/C31H41NO5/c1-3-4-16-35-19-20-37-29-10-7-25(8-11-29)26-9-12-30-28(21-26)22-27(31(33)34-2)6-5-15-32(30)23-24-13-17-36-18-14-24/h7-12,21-22,24H,3-6,13-20,23H2,1-2H3/b27-22+. The van der Waals surface area contributed by atoms with Crippen LogP contribution >= 0.6 is 0 Å². The lowest BCUT2D eigenvalue weighted by molar-refractivity contribution is -0.136. The molecule has 0 aliphatic carbocycles. The van der Waals surface area contributed by atoms with Crippen molar-refractivity contribution in [3.8, 4) is 16.9 Å². The summed E-state index contributed by atoms with van der Waals surface area (Å²) < 4.78 is 22.1. The van der Waals surface area contributed by atoms with Gasteiger partial charge in [0, 0.05) is 44.2 Å². The van der Waals surface area contributed by atoms with Crippen LogP contribution < -0.4 is 9.64 Å². The van der Waals surface area contributed by atoms with Crippen LogP contribution in [0.2, 0.25) is 0 Å². The molecule has 0 N–H and O–H groups in total. The number of esters is 1. The average molecular weight is 508 g/mol. The van der Waals surface area contributed by atoms with Crippen molar-refractivity contribution in [2.75, 3.05) is 58.1 Å². The highest BCUT2D eigenvalue weighted by molar-refractivity contribution is 5.95. The number of hydrogen-bond donors (Lipinski definition) is 0. The summed E-state index contributed by atoms with van der Waals surface area (Å²) in [6, 6.07) is 14.8. The second-order valence-electron chi connectivity index (χ2n) is 9.88. The number of carbonyl (C=O) groups excluding carboxylic acids is 1. The van der Waals surface area contributed by atoms with E-state index in [2.05, 4.69) is 42.2 Å². The summed E-state index contributed by atoms with van der Waals surface area (Å²) in [4.78, 5) is 15.0. The summed E-state index contributed by atoms with van der Waals surface area (Å²) in [5.74, 6) is 1.23. The minimum atomic E-state index is -0.241. The number of anilines is 1. The first-order valence-corrected chi connectivity index (χ1v) is 13.7. The van der Waals surface area contributed by atoms with Crippen molar-refractivity contribution in [1.82, 2.24) is 0 Å². The largest absolute Gasteiger partial charge is 0.491 e.